The van der Waals surface area contributed by atoms with Crippen LogP contribution in [0.1, 0.15) is 32.6 Å². The van der Waals surface area contributed by atoms with Gasteiger partial charge in [0.2, 0.25) is 0 Å². The average Bonchev–Trinajstić information content (AvgIpc) is 2.15. The quantitative estimate of drug-likeness (QED) is 0.761. The van der Waals surface area contributed by atoms with Crippen molar-refractivity contribution in [1.29, 1.82) is 0 Å². The van der Waals surface area contributed by atoms with Gasteiger partial charge in [-0.15, -0.1) is 0 Å². The second-order valence-electron chi connectivity index (χ2n) is 5.61. The van der Waals surface area contributed by atoms with Gasteiger partial charge in [-0.25, -0.2) is 0 Å². The molecule has 1 unspecified atom stereocenters. The number of nitrogens with two attached hydrogens (primary N) is 1. The van der Waals surface area contributed by atoms with Crippen molar-refractivity contribution in [3.63, 3.8) is 0 Å². The Balaban J connectivity index is 1.60. The standard InChI is InChI=1S/C12H24N2O/c1-12(9-15-10-12)5-3-7-14-6-2-4-11(13)8-14/h11H,2-10,13H2,1H3. The lowest BCUT2D eigenvalue weighted by Gasteiger charge is -2.39. The van der Waals surface area contributed by atoms with E-state index in [2.05, 4.69) is 11.8 Å². The Morgan fingerprint density at radius 1 is 1.47 bits per heavy atom. The lowest BCUT2D eigenvalue weighted by molar-refractivity contribution is -0.107. The maximum absolute atomic E-state index is 5.96. The summed E-state index contributed by atoms with van der Waals surface area (Å²) in [5.41, 5.74) is 6.44. The van der Waals surface area contributed by atoms with Gasteiger partial charge < -0.3 is 15.4 Å². The predicted molar refractivity (Wildman–Crippen MR) is 61.8 cm³/mol. The van der Waals surface area contributed by atoms with Crippen LogP contribution in [0.2, 0.25) is 0 Å². The van der Waals surface area contributed by atoms with Crippen molar-refractivity contribution in [3.8, 4) is 0 Å². The Kier molecular flexibility index (Phi) is 3.65. The highest BCUT2D eigenvalue weighted by atomic mass is 16.5. The molecule has 0 aromatic rings. The molecular formula is C12H24N2O. The molecule has 0 aliphatic carbocycles. The molecule has 2 aliphatic rings. The van der Waals surface area contributed by atoms with Crippen LogP contribution in [0.3, 0.4) is 0 Å². The van der Waals surface area contributed by atoms with Gasteiger partial charge in [0.15, 0.2) is 0 Å². The van der Waals surface area contributed by atoms with Gasteiger partial charge in [-0.3, -0.25) is 0 Å². The third-order valence-electron chi connectivity index (χ3n) is 3.70. The first kappa shape index (κ1) is 11.4. The molecule has 0 amide bonds. The van der Waals surface area contributed by atoms with Gasteiger partial charge >= 0.3 is 0 Å². The molecule has 15 heavy (non-hydrogen) atoms. The zero-order valence-electron chi connectivity index (χ0n) is 9.87. The third kappa shape index (κ3) is 3.16. The minimum absolute atomic E-state index is 0.418. The van der Waals surface area contributed by atoms with Crippen LogP contribution in [0.25, 0.3) is 0 Å². The minimum Gasteiger partial charge on any atom is -0.380 e. The Hall–Kier alpha value is -0.120. The number of rotatable bonds is 4. The maximum atomic E-state index is 5.96. The van der Waals surface area contributed by atoms with Crippen LogP contribution in [0.4, 0.5) is 0 Å². The highest BCUT2D eigenvalue weighted by molar-refractivity contribution is 4.81. The largest absolute Gasteiger partial charge is 0.380 e. The summed E-state index contributed by atoms with van der Waals surface area (Å²) in [5, 5.41) is 0. The van der Waals surface area contributed by atoms with Gasteiger partial charge in [-0.2, -0.15) is 0 Å². The number of hydrogen-bond donors (Lipinski definition) is 1. The minimum atomic E-state index is 0.418. The highest BCUT2D eigenvalue weighted by Gasteiger charge is 2.32. The number of hydrogen-bond acceptors (Lipinski definition) is 3. The van der Waals surface area contributed by atoms with Crippen LogP contribution in [-0.4, -0.2) is 43.8 Å². The van der Waals surface area contributed by atoms with Crippen LogP contribution in [-0.2, 0) is 4.74 Å². The first-order valence-electron chi connectivity index (χ1n) is 6.24. The second kappa shape index (κ2) is 4.81. The summed E-state index contributed by atoms with van der Waals surface area (Å²) in [7, 11) is 0. The molecule has 3 nitrogen and oxygen atoms in total. The maximum Gasteiger partial charge on any atom is 0.0542 e. The van der Waals surface area contributed by atoms with E-state index >= 15 is 0 Å². The number of nitrogens with zero attached hydrogens (tertiary/aromatic N) is 1. The Bertz CT molecular complexity index is 204. The van der Waals surface area contributed by atoms with Crippen LogP contribution < -0.4 is 5.73 Å². The summed E-state index contributed by atoms with van der Waals surface area (Å²) in [4.78, 5) is 2.52. The molecule has 88 valence electrons. The van der Waals surface area contributed by atoms with Gasteiger partial charge in [0.25, 0.3) is 0 Å². The van der Waals surface area contributed by atoms with Crippen molar-refractivity contribution in [2.24, 2.45) is 11.1 Å². The third-order valence-corrected chi connectivity index (χ3v) is 3.70. The molecular weight excluding hydrogens is 188 g/mol. The van der Waals surface area contributed by atoms with Crippen LogP contribution >= 0.6 is 0 Å². The summed E-state index contributed by atoms with van der Waals surface area (Å²) in [5.74, 6) is 0. The molecule has 2 rings (SSSR count). The molecule has 2 saturated heterocycles. The van der Waals surface area contributed by atoms with E-state index in [9.17, 15) is 0 Å². The van der Waals surface area contributed by atoms with E-state index in [0.717, 1.165) is 19.8 Å². The van der Waals surface area contributed by atoms with Crippen molar-refractivity contribution in [3.05, 3.63) is 0 Å². The summed E-state index contributed by atoms with van der Waals surface area (Å²) < 4.78 is 5.26. The molecule has 2 heterocycles. The molecule has 0 aromatic heterocycles. The average molecular weight is 212 g/mol. The molecule has 2 aliphatic heterocycles. The normalized spacial score (nSPS) is 31.2. The first-order valence-corrected chi connectivity index (χ1v) is 6.24. The Morgan fingerprint density at radius 3 is 2.87 bits per heavy atom. The van der Waals surface area contributed by atoms with Crippen molar-refractivity contribution in [2.75, 3.05) is 32.8 Å². The smallest absolute Gasteiger partial charge is 0.0542 e. The van der Waals surface area contributed by atoms with E-state index in [-0.39, 0.29) is 0 Å². The SMILES string of the molecule is CC1(CCCN2CCCC(N)C2)COC1. The van der Waals surface area contributed by atoms with Crippen molar-refractivity contribution >= 4 is 0 Å². The molecule has 0 spiro atoms. The lowest BCUT2D eigenvalue weighted by atomic mass is 9.83. The molecule has 2 N–H and O–H groups in total. The first-order chi connectivity index (χ1) is 7.18. The van der Waals surface area contributed by atoms with E-state index in [1.165, 1.54) is 38.8 Å². The molecule has 2 fully saturated rings. The van der Waals surface area contributed by atoms with Crippen molar-refractivity contribution in [1.82, 2.24) is 4.90 Å². The van der Waals surface area contributed by atoms with E-state index in [1.54, 1.807) is 0 Å². The van der Waals surface area contributed by atoms with Crippen molar-refractivity contribution < 1.29 is 4.74 Å². The monoisotopic (exact) mass is 212 g/mol. The molecule has 0 radical (unpaired) electrons. The van der Waals surface area contributed by atoms with Gasteiger partial charge in [0, 0.05) is 18.0 Å². The van der Waals surface area contributed by atoms with Gasteiger partial charge in [0.1, 0.15) is 0 Å². The van der Waals surface area contributed by atoms with E-state index < -0.39 is 0 Å². The van der Waals surface area contributed by atoms with Gasteiger partial charge in [-0.1, -0.05) is 6.92 Å². The van der Waals surface area contributed by atoms with Crippen LogP contribution in [0, 0.1) is 5.41 Å². The predicted octanol–water partition coefficient (Wildman–Crippen LogP) is 1.23. The van der Waals surface area contributed by atoms with Crippen LogP contribution in [0.5, 0.6) is 0 Å². The fraction of sp³-hybridized carbons (Fsp3) is 1.00. The van der Waals surface area contributed by atoms with E-state index in [1.807, 2.05) is 0 Å². The van der Waals surface area contributed by atoms with E-state index in [0.29, 0.717) is 11.5 Å². The number of likely N-dealkylation sites (tertiary alicyclic amines) is 1. The molecule has 0 saturated carbocycles. The van der Waals surface area contributed by atoms with Gasteiger partial charge in [0.05, 0.1) is 13.2 Å². The number of piperidine rings is 1. The summed E-state index contributed by atoms with van der Waals surface area (Å²) >= 11 is 0. The topological polar surface area (TPSA) is 38.5 Å². The lowest BCUT2D eigenvalue weighted by Crippen LogP contribution is -2.44. The number of ether oxygens (including phenoxy) is 1. The Morgan fingerprint density at radius 2 is 2.27 bits per heavy atom. The highest BCUT2D eigenvalue weighted by Crippen LogP contribution is 2.31. The van der Waals surface area contributed by atoms with E-state index in [4.69, 9.17) is 10.5 Å². The fourth-order valence-corrected chi connectivity index (χ4v) is 2.62. The van der Waals surface area contributed by atoms with Gasteiger partial charge in [-0.05, 0) is 38.8 Å². The zero-order valence-corrected chi connectivity index (χ0v) is 9.87. The molecule has 1 atom stereocenters. The van der Waals surface area contributed by atoms with Crippen molar-refractivity contribution in [2.45, 2.75) is 38.6 Å². The second-order valence-corrected chi connectivity index (χ2v) is 5.61. The Labute approximate surface area is 93.0 Å². The molecule has 0 bridgehead atoms. The molecule has 0 aromatic carbocycles. The van der Waals surface area contributed by atoms with Crippen LogP contribution in [0.15, 0.2) is 0 Å². The zero-order chi connectivity index (χ0) is 10.7. The summed E-state index contributed by atoms with van der Waals surface area (Å²) in [6, 6.07) is 0.418. The summed E-state index contributed by atoms with van der Waals surface area (Å²) in [6.45, 7) is 7.84. The molecule has 3 heteroatoms. The fourth-order valence-electron chi connectivity index (χ4n) is 2.62. The summed E-state index contributed by atoms with van der Waals surface area (Å²) in [6.07, 6.45) is 5.09.